The van der Waals surface area contributed by atoms with E-state index >= 15 is 0 Å². The second-order valence-electron chi connectivity index (χ2n) is 5.59. The fourth-order valence-corrected chi connectivity index (χ4v) is 2.57. The second kappa shape index (κ2) is 9.12. The van der Waals surface area contributed by atoms with Gasteiger partial charge in [-0.1, -0.05) is 29.3 Å². The Hall–Kier alpha value is -2.95. The summed E-state index contributed by atoms with van der Waals surface area (Å²) < 4.78 is 5.33. The molecule has 9 heteroatoms. The summed E-state index contributed by atoms with van der Waals surface area (Å²) in [6.07, 6.45) is -0.786. The van der Waals surface area contributed by atoms with E-state index in [4.69, 9.17) is 33.2 Å². The monoisotopic (exact) mass is 406 g/mol. The predicted octanol–water partition coefficient (Wildman–Crippen LogP) is 4.62. The summed E-state index contributed by atoms with van der Waals surface area (Å²) in [4.78, 5) is 26.7. The van der Waals surface area contributed by atoms with Gasteiger partial charge in [0.05, 0.1) is 11.8 Å². The second-order valence-corrected chi connectivity index (χ2v) is 6.47. The summed E-state index contributed by atoms with van der Waals surface area (Å²) in [5, 5.41) is 12.3. The van der Waals surface area contributed by atoms with Crippen molar-refractivity contribution in [1.29, 1.82) is 5.26 Å². The van der Waals surface area contributed by atoms with E-state index in [0.717, 1.165) is 4.90 Å². The first kappa shape index (κ1) is 20.4. The quantitative estimate of drug-likeness (QED) is 0.750. The van der Waals surface area contributed by atoms with E-state index in [9.17, 15) is 9.59 Å². The molecule has 0 heterocycles. The van der Waals surface area contributed by atoms with Gasteiger partial charge in [-0.25, -0.2) is 9.59 Å². The number of carbonyl (C=O) groups is 2. The predicted molar refractivity (Wildman–Crippen MR) is 105 cm³/mol. The molecule has 0 radical (unpaired) electrons. The Kier molecular flexibility index (Phi) is 6.88. The van der Waals surface area contributed by atoms with Gasteiger partial charge in [0.2, 0.25) is 0 Å². The van der Waals surface area contributed by atoms with Crippen LogP contribution in [0.3, 0.4) is 0 Å². The molecule has 2 aromatic rings. The number of hydrogen-bond donors (Lipinski definition) is 1. The van der Waals surface area contributed by atoms with E-state index in [1.54, 1.807) is 32.3 Å². The lowest BCUT2D eigenvalue weighted by Crippen LogP contribution is -2.34. The van der Waals surface area contributed by atoms with E-state index in [2.05, 4.69) is 5.32 Å². The summed E-state index contributed by atoms with van der Waals surface area (Å²) in [6.45, 7) is -0.257. The van der Waals surface area contributed by atoms with Crippen molar-refractivity contribution < 1.29 is 14.3 Å². The van der Waals surface area contributed by atoms with Crippen molar-refractivity contribution in [3.8, 4) is 11.8 Å². The van der Waals surface area contributed by atoms with Gasteiger partial charge < -0.3 is 15.0 Å². The van der Waals surface area contributed by atoms with Crippen LogP contribution in [-0.4, -0.2) is 37.7 Å². The number of urea groups is 1. The van der Waals surface area contributed by atoms with Crippen LogP contribution in [0.1, 0.15) is 0 Å². The zero-order valence-electron chi connectivity index (χ0n) is 14.6. The average Bonchev–Trinajstić information content (AvgIpc) is 2.58. The molecule has 0 unspecified atom stereocenters. The summed E-state index contributed by atoms with van der Waals surface area (Å²) in [5.41, 5.74) is 0.785. The maximum Gasteiger partial charge on any atom is 0.420 e. The SMILES string of the molecule is CN(C)C(=O)Nc1cccc(OC(=O)N(CC#N)c2cc(Cl)cc(Cl)c2)c1. The van der Waals surface area contributed by atoms with Crippen molar-refractivity contribution >= 4 is 46.7 Å². The molecule has 0 aliphatic heterocycles. The first-order valence-electron chi connectivity index (χ1n) is 7.71. The van der Waals surface area contributed by atoms with Crippen molar-refractivity contribution in [3.63, 3.8) is 0 Å². The molecule has 1 N–H and O–H groups in total. The standard InChI is InChI=1S/C18H16Cl2N4O3/c1-23(2)17(25)22-14-4-3-5-16(11-14)27-18(26)24(7-6-21)15-9-12(19)8-13(20)10-15/h3-5,8-11H,7H2,1-2H3,(H,22,25). The lowest BCUT2D eigenvalue weighted by molar-refractivity contribution is 0.208. The molecular formula is C18H16Cl2N4O3. The number of nitrogens with zero attached hydrogens (tertiary/aromatic N) is 3. The summed E-state index contributed by atoms with van der Waals surface area (Å²) in [7, 11) is 3.21. The Balaban J connectivity index is 2.20. The lowest BCUT2D eigenvalue weighted by atomic mass is 10.3. The minimum atomic E-state index is -0.786. The minimum Gasteiger partial charge on any atom is -0.410 e. The highest BCUT2D eigenvalue weighted by Crippen LogP contribution is 2.26. The molecule has 0 bridgehead atoms. The van der Waals surface area contributed by atoms with Gasteiger partial charge in [-0.15, -0.1) is 0 Å². The van der Waals surface area contributed by atoms with E-state index in [1.807, 2.05) is 6.07 Å². The molecule has 0 aliphatic carbocycles. The number of nitriles is 1. The fourth-order valence-electron chi connectivity index (χ4n) is 2.06. The molecule has 2 rings (SSSR count). The van der Waals surface area contributed by atoms with Crippen molar-refractivity contribution in [1.82, 2.24) is 4.90 Å². The number of benzene rings is 2. The van der Waals surface area contributed by atoms with Gasteiger partial charge in [-0.3, -0.25) is 4.90 Å². The Morgan fingerprint density at radius 3 is 2.41 bits per heavy atom. The number of hydrogen-bond acceptors (Lipinski definition) is 4. The molecule has 2 aromatic carbocycles. The van der Waals surface area contributed by atoms with Crippen molar-refractivity contribution in [2.45, 2.75) is 0 Å². The molecule has 0 aromatic heterocycles. The van der Waals surface area contributed by atoms with E-state index in [-0.39, 0.29) is 18.3 Å². The third-order valence-corrected chi connectivity index (χ3v) is 3.74. The number of amides is 3. The van der Waals surface area contributed by atoms with Crippen molar-refractivity contribution in [2.75, 3.05) is 30.9 Å². The first-order chi connectivity index (χ1) is 12.8. The highest BCUT2D eigenvalue weighted by molar-refractivity contribution is 6.35. The molecule has 140 valence electrons. The zero-order valence-corrected chi connectivity index (χ0v) is 16.1. The lowest BCUT2D eigenvalue weighted by Gasteiger charge is -2.20. The van der Waals surface area contributed by atoms with Gasteiger partial charge in [0.1, 0.15) is 12.3 Å². The van der Waals surface area contributed by atoms with Gasteiger partial charge >= 0.3 is 12.1 Å². The van der Waals surface area contributed by atoms with Crippen molar-refractivity contribution in [3.05, 3.63) is 52.5 Å². The largest absolute Gasteiger partial charge is 0.420 e. The number of carbonyl (C=O) groups excluding carboxylic acids is 2. The molecule has 0 spiro atoms. The van der Waals surface area contributed by atoms with Crippen LogP contribution in [-0.2, 0) is 0 Å². The van der Waals surface area contributed by atoms with E-state index in [0.29, 0.717) is 21.4 Å². The maximum absolute atomic E-state index is 12.5. The molecular weight excluding hydrogens is 391 g/mol. The third-order valence-electron chi connectivity index (χ3n) is 3.30. The Morgan fingerprint density at radius 2 is 1.81 bits per heavy atom. The normalized spacial score (nSPS) is 9.89. The summed E-state index contributed by atoms with van der Waals surface area (Å²) in [6, 6.07) is 12.4. The number of anilines is 2. The van der Waals surface area contributed by atoms with Crippen molar-refractivity contribution in [2.24, 2.45) is 0 Å². The molecule has 7 nitrogen and oxygen atoms in total. The number of halogens is 2. The molecule has 3 amide bonds. The number of ether oxygens (including phenoxy) is 1. The highest BCUT2D eigenvalue weighted by Gasteiger charge is 2.19. The fraction of sp³-hybridized carbons (Fsp3) is 0.167. The van der Waals surface area contributed by atoms with Gasteiger partial charge in [0.15, 0.2) is 0 Å². The van der Waals surface area contributed by atoms with Crippen LogP contribution >= 0.6 is 23.2 Å². The van der Waals surface area contributed by atoms with Crippen LogP contribution in [0.15, 0.2) is 42.5 Å². The van der Waals surface area contributed by atoms with E-state index in [1.165, 1.54) is 29.2 Å². The third kappa shape index (κ3) is 5.78. The van der Waals surface area contributed by atoms with Crippen LogP contribution in [0.25, 0.3) is 0 Å². The minimum absolute atomic E-state index is 0.202. The van der Waals surface area contributed by atoms with Crippen LogP contribution in [0.5, 0.6) is 5.75 Å². The molecule has 0 atom stereocenters. The van der Waals surface area contributed by atoms with Gasteiger partial charge in [0.25, 0.3) is 0 Å². The molecule has 0 saturated carbocycles. The summed E-state index contributed by atoms with van der Waals surface area (Å²) >= 11 is 11.9. The smallest absolute Gasteiger partial charge is 0.410 e. The van der Waals surface area contributed by atoms with E-state index < -0.39 is 6.09 Å². The van der Waals surface area contributed by atoms with Gasteiger partial charge in [-0.05, 0) is 30.3 Å². The van der Waals surface area contributed by atoms with Crippen LogP contribution in [0.4, 0.5) is 21.0 Å². The van der Waals surface area contributed by atoms with Crippen LogP contribution < -0.4 is 15.0 Å². The number of rotatable bonds is 4. The number of nitrogens with one attached hydrogen (secondary N) is 1. The zero-order chi connectivity index (χ0) is 20.0. The Morgan fingerprint density at radius 1 is 1.15 bits per heavy atom. The highest BCUT2D eigenvalue weighted by atomic mass is 35.5. The molecule has 27 heavy (non-hydrogen) atoms. The van der Waals surface area contributed by atoms with Crippen LogP contribution in [0.2, 0.25) is 10.0 Å². The average molecular weight is 407 g/mol. The van der Waals surface area contributed by atoms with Gasteiger partial charge in [-0.2, -0.15) is 5.26 Å². The Labute approximate surface area is 166 Å². The molecule has 0 saturated heterocycles. The first-order valence-corrected chi connectivity index (χ1v) is 8.46. The maximum atomic E-state index is 12.5. The Bertz CT molecular complexity index is 876. The van der Waals surface area contributed by atoms with Crippen LogP contribution in [0, 0.1) is 11.3 Å². The molecule has 0 fully saturated rings. The van der Waals surface area contributed by atoms with Gasteiger partial charge in [0, 0.05) is 35.9 Å². The summed E-state index contributed by atoms with van der Waals surface area (Å²) in [5.74, 6) is 0.202. The topological polar surface area (TPSA) is 85.7 Å². The molecule has 0 aliphatic rings.